The smallest absolute Gasteiger partial charge is 0.137 e. The first-order valence-corrected chi connectivity index (χ1v) is 8.50. The van der Waals surface area contributed by atoms with Crippen LogP contribution in [0.5, 0.6) is 0 Å². The van der Waals surface area contributed by atoms with Gasteiger partial charge >= 0.3 is 0 Å². The van der Waals surface area contributed by atoms with Gasteiger partial charge in [-0.25, -0.2) is 4.39 Å². The molecule has 21 heavy (non-hydrogen) atoms. The fourth-order valence-electron chi connectivity index (χ4n) is 2.50. The van der Waals surface area contributed by atoms with Crippen molar-refractivity contribution < 1.29 is 4.39 Å². The van der Waals surface area contributed by atoms with E-state index in [1.165, 1.54) is 11.6 Å². The summed E-state index contributed by atoms with van der Waals surface area (Å²) in [5.74, 6) is 0.262. The van der Waals surface area contributed by atoms with Crippen molar-refractivity contribution in [3.63, 3.8) is 0 Å². The van der Waals surface area contributed by atoms with E-state index in [1.54, 1.807) is 0 Å². The molecule has 1 atom stereocenters. The molecule has 4 heteroatoms. The molecular weight excluding hydrogens is 397 g/mol. The zero-order valence-corrected chi connectivity index (χ0v) is 15.0. The summed E-state index contributed by atoms with van der Waals surface area (Å²) < 4.78 is 14.9. The number of halogens is 3. The van der Waals surface area contributed by atoms with Crippen molar-refractivity contribution in [1.29, 1.82) is 0 Å². The zero-order chi connectivity index (χ0) is 15.2. The third kappa shape index (κ3) is 5.20. The topological polar surface area (TPSA) is 12.0 Å². The summed E-state index contributed by atoms with van der Waals surface area (Å²) in [5, 5.41) is 3.25. The van der Waals surface area contributed by atoms with Crippen LogP contribution in [0.15, 0.2) is 51.4 Å². The molecule has 0 aliphatic rings. The van der Waals surface area contributed by atoms with Gasteiger partial charge < -0.3 is 5.32 Å². The molecule has 0 saturated carbocycles. The lowest BCUT2D eigenvalue weighted by atomic mass is 9.92. The standard InChI is InChI=1S/C17H18Br2FN/c1-21-11-14(7-12-3-2-4-15(18)9-12)8-13-5-6-17(20)16(19)10-13/h2-6,9-10,14,21H,7-8,11H2,1H3. The monoisotopic (exact) mass is 413 g/mol. The number of hydrogen-bond acceptors (Lipinski definition) is 1. The largest absolute Gasteiger partial charge is 0.319 e. The Labute approximate surface area is 142 Å². The Morgan fingerprint density at radius 1 is 1.05 bits per heavy atom. The van der Waals surface area contributed by atoms with Gasteiger partial charge in [0, 0.05) is 4.47 Å². The maximum absolute atomic E-state index is 13.3. The van der Waals surface area contributed by atoms with Gasteiger partial charge in [0.25, 0.3) is 0 Å². The Kier molecular flexibility index (Phi) is 6.40. The van der Waals surface area contributed by atoms with Gasteiger partial charge in [-0.05, 0) is 83.7 Å². The van der Waals surface area contributed by atoms with Crippen molar-refractivity contribution in [2.45, 2.75) is 12.8 Å². The maximum atomic E-state index is 13.3. The fourth-order valence-corrected chi connectivity index (χ4v) is 3.38. The zero-order valence-electron chi connectivity index (χ0n) is 11.9. The summed E-state index contributed by atoms with van der Waals surface area (Å²) in [6, 6.07) is 13.7. The van der Waals surface area contributed by atoms with Crippen molar-refractivity contribution in [2.75, 3.05) is 13.6 Å². The molecule has 112 valence electrons. The molecule has 0 fully saturated rings. The SMILES string of the molecule is CNCC(Cc1cccc(Br)c1)Cc1ccc(F)c(Br)c1. The van der Waals surface area contributed by atoms with Crippen molar-refractivity contribution in [3.8, 4) is 0 Å². The van der Waals surface area contributed by atoms with Gasteiger partial charge in [0.15, 0.2) is 0 Å². The lowest BCUT2D eigenvalue weighted by molar-refractivity contribution is 0.492. The summed E-state index contributed by atoms with van der Waals surface area (Å²) >= 11 is 6.77. The second-order valence-electron chi connectivity index (χ2n) is 5.21. The highest BCUT2D eigenvalue weighted by Crippen LogP contribution is 2.21. The minimum atomic E-state index is -0.212. The number of benzene rings is 2. The highest BCUT2D eigenvalue weighted by Gasteiger charge is 2.11. The van der Waals surface area contributed by atoms with Crippen LogP contribution in [0.25, 0.3) is 0 Å². The van der Waals surface area contributed by atoms with Crippen molar-refractivity contribution >= 4 is 31.9 Å². The molecule has 2 aromatic rings. The van der Waals surface area contributed by atoms with Crippen LogP contribution >= 0.6 is 31.9 Å². The molecule has 1 nitrogen and oxygen atoms in total. The van der Waals surface area contributed by atoms with Gasteiger partial charge in [0.2, 0.25) is 0 Å². The van der Waals surface area contributed by atoms with Crippen LogP contribution in [0, 0.1) is 11.7 Å². The summed E-state index contributed by atoms with van der Waals surface area (Å²) in [4.78, 5) is 0. The molecule has 1 N–H and O–H groups in total. The molecule has 0 aromatic heterocycles. The minimum absolute atomic E-state index is 0.212. The van der Waals surface area contributed by atoms with Crippen LogP contribution in [0.3, 0.4) is 0 Å². The van der Waals surface area contributed by atoms with E-state index in [2.05, 4.69) is 55.4 Å². The van der Waals surface area contributed by atoms with Crippen LogP contribution < -0.4 is 5.32 Å². The fraction of sp³-hybridized carbons (Fsp3) is 0.294. The molecule has 0 amide bonds. The van der Waals surface area contributed by atoms with E-state index < -0.39 is 0 Å². The van der Waals surface area contributed by atoms with Crippen molar-refractivity contribution in [1.82, 2.24) is 5.32 Å². The Balaban J connectivity index is 2.09. The lowest BCUT2D eigenvalue weighted by Crippen LogP contribution is -2.22. The van der Waals surface area contributed by atoms with Crippen molar-refractivity contribution in [3.05, 3.63) is 68.4 Å². The predicted octanol–water partition coefficient (Wildman–Crippen LogP) is 4.97. The first kappa shape index (κ1) is 16.7. The number of nitrogens with one attached hydrogen (secondary N) is 1. The third-order valence-electron chi connectivity index (χ3n) is 3.41. The molecule has 0 saturated heterocycles. The normalized spacial score (nSPS) is 12.4. The molecule has 0 aliphatic heterocycles. The molecule has 0 spiro atoms. The van der Waals surface area contributed by atoms with Gasteiger partial charge in [0.05, 0.1) is 4.47 Å². The van der Waals surface area contributed by atoms with E-state index in [1.807, 2.05) is 25.2 Å². The van der Waals surface area contributed by atoms with E-state index in [-0.39, 0.29) is 5.82 Å². The van der Waals surface area contributed by atoms with E-state index in [0.29, 0.717) is 10.4 Å². The highest BCUT2D eigenvalue weighted by atomic mass is 79.9. The van der Waals surface area contributed by atoms with Gasteiger partial charge in [0.1, 0.15) is 5.82 Å². The Hall–Kier alpha value is -0.710. The molecule has 1 unspecified atom stereocenters. The quantitative estimate of drug-likeness (QED) is 0.703. The van der Waals surface area contributed by atoms with E-state index in [0.717, 1.165) is 29.4 Å². The molecular formula is C17H18Br2FN. The summed E-state index contributed by atoms with van der Waals surface area (Å²) in [5.41, 5.74) is 2.46. The van der Waals surface area contributed by atoms with Crippen LogP contribution in [0.1, 0.15) is 11.1 Å². The molecule has 0 bridgehead atoms. The van der Waals surface area contributed by atoms with Crippen LogP contribution in [0.4, 0.5) is 4.39 Å². The van der Waals surface area contributed by atoms with E-state index in [9.17, 15) is 4.39 Å². The Morgan fingerprint density at radius 2 is 1.76 bits per heavy atom. The average molecular weight is 415 g/mol. The van der Waals surface area contributed by atoms with E-state index in [4.69, 9.17) is 0 Å². The van der Waals surface area contributed by atoms with Crippen LogP contribution in [-0.4, -0.2) is 13.6 Å². The predicted molar refractivity (Wildman–Crippen MR) is 93.1 cm³/mol. The van der Waals surface area contributed by atoms with Gasteiger partial charge in [-0.3, -0.25) is 0 Å². The van der Waals surface area contributed by atoms with Gasteiger partial charge in [-0.15, -0.1) is 0 Å². The number of hydrogen-bond donors (Lipinski definition) is 1. The lowest BCUT2D eigenvalue weighted by Gasteiger charge is -2.17. The highest BCUT2D eigenvalue weighted by molar-refractivity contribution is 9.10. The minimum Gasteiger partial charge on any atom is -0.319 e. The summed E-state index contributed by atoms with van der Waals surface area (Å²) in [6.07, 6.45) is 1.92. The van der Waals surface area contributed by atoms with Gasteiger partial charge in [-0.2, -0.15) is 0 Å². The third-order valence-corrected chi connectivity index (χ3v) is 4.52. The summed E-state index contributed by atoms with van der Waals surface area (Å²) in [6.45, 7) is 0.932. The summed E-state index contributed by atoms with van der Waals surface area (Å²) in [7, 11) is 1.97. The number of rotatable bonds is 6. The van der Waals surface area contributed by atoms with E-state index >= 15 is 0 Å². The first-order chi connectivity index (χ1) is 10.1. The molecule has 2 aromatic carbocycles. The van der Waals surface area contributed by atoms with Crippen LogP contribution in [0.2, 0.25) is 0 Å². The first-order valence-electron chi connectivity index (χ1n) is 6.91. The Bertz CT molecular complexity index is 601. The second-order valence-corrected chi connectivity index (χ2v) is 6.98. The van der Waals surface area contributed by atoms with Crippen LogP contribution in [-0.2, 0) is 12.8 Å². The molecule has 0 aliphatic carbocycles. The van der Waals surface area contributed by atoms with Crippen molar-refractivity contribution in [2.24, 2.45) is 5.92 Å². The Morgan fingerprint density at radius 3 is 2.38 bits per heavy atom. The molecule has 0 radical (unpaired) electrons. The van der Waals surface area contributed by atoms with Gasteiger partial charge in [-0.1, -0.05) is 34.1 Å². The average Bonchev–Trinajstić information content (AvgIpc) is 2.43. The molecule has 2 rings (SSSR count). The molecule has 0 heterocycles. The second kappa shape index (κ2) is 8.06. The maximum Gasteiger partial charge on any atom is 0.137 e.